The Morgan fingerprint density at radius 2 is 1.78 bits per heavy atom. The number of aromatic nitrogens is 4. The van der Waals surface area contributed by atoms with E-state index in [4.69, 9.17) is 0 Å². The maximum atomic E-state index is 13.1. The van der Waals surface area contributed by atoms with Crippen molar-refractivity contribution in [2.75, 3.05) is 12.4 Å². The lowest BCUT2D eigenvalue weighted by atomic mass is 10.2. The van der Waals surface area contributed by atoms with Crippen molar-refractivity contribution in [2.24, 2.45) is 0 Å². The van der Waals surface area contributed by atoms with Crippen LogP contribution >= 0.6 is 0 Å². The van der Waals surface area contributed by atoms with E-state index in [0.717, 1.165) is 11.1 Å². The van der Waals surface area contributed by atoms with Crippen LogP contribution in [0.5, 0.6) is 0 Å². The summed E-state index contributed by atoms with van der Waals surface area (Å²) in [5.41, 5.74) is 3.20. The van der Waals surface area contributed by atoms with E-state index in [-0.39, 0.29) is 5.82 Å². The lowest BCUT2D eigenvalue weighted by Crippen LogP contribution is -2.03. The predicted octanol–water partition coefficient (Wildman–Crippen LogP) is 3.46. The zero-order valence-electron chi connectivity index (χ0n) is 14.6. The quantitative estimate of drug-likeness (QED) is 0.571. The second kappa shape index (κ2) is 7.26. The van der Waals surface area contributed by atoms with Crippen molar-refractivity contribution in [2.45, 2.75) is 6.54 Å². The lowest BCUT2D eigenvalue weighted by molar-refractivity contribution is 0.626. The normalized spacial score (nSPS) is 10.4. The molecule has 0 spiro atoms. The molecule has 0 bridgehead atoms. The van der Waals surface area contributed by atoms with Gasteiger partial charge in [0.05, 0.1) is 12.9 Å². The smallest absolute Gasteiger partial charge is 0.209 e. The average molecular weight is 357 g/mol. The van der Waals surface area contributed by atoms with Gasteiger partial charge in [0.25, 0.3) is 0 Å². The van der Waals surface area contributed by atoms with Crippen molar-refractivity contribution in [1.29, 1.82) is 0 Å². The monoisotopic (exact) mass is 357 g/mol. The number of rotatable bonds is 3. The van der Waals surface area contributed by atoms with Gasteiger partial charge in [0, 0.05) is 12.6 Å². The molecule has 132 valence electrons. The Morgan fingerprint density at radius 3 is 2.52 bits per heavy atom. The van der Waals surface area contributed by atoms with Crippen molar-refractivity contribution < 1.29 is 4.39 Å². The first-order valence-electron chi connectivity index (χ1n) is 8.45. The molecule has 1 N–H and O–H groups in total. The highest BCUT2D eigenvalue weighted by Crippen LogP contribution is 2.19. The largest absolute Gasteiger partial charge is 0.371 e. The summed E-state index contributed by atoms with van der Waals surface area (Å²) in [5.74, 6) is 6.86. The molecule has 0 atom stereocenters. The Labute approximate surface area is 155 Å². The first-order valence-corrected chi connectivity index (χ1v) is 8.45. The van der Waals surface area contributed by atoms with Crippen molar-refractivity contribution in [1.82, 2.24) is 19.5 Å². The van der Waals surface area contributed by atoms with Gasteiger partial charge in [-0.1, -0.05) is 36.3 Å². The highest BCUT2D eigenvalue weighted by molar-refractivity contribution is 5.83. The van der Waals surface area contributed by atoms with Gasteiger partial charge in [0.1, 0.15) is 5.82 Å². The minimum Gasteiger partial charge on any atom is -0.371 e. The van der Waals surface area contributed by atoms with E-state index in [9.17, 15) is 4.39 Å². The van der Waals surface area contributed by atoms with Crippen LogP contribution in [0.3, 0.4) is 0 Å². The first kappa shape index (κ1) is 16.7. The number of imidazole rings is 1. The Kier molecular flexibility index (Phi) is 4.50. The van der Waals surface area contributed by atoms with Crippen molar-refractivity contribution in [3.05, 3.63) is 83.7 Å². The van der Waals surface area contributed by atoms with Gasteiger partial charge in [-0.05, 0) is 35.7 Å². The van der Waals surface area contributed by atoms with Gasteiger partial charge < -0.3 is 9.88 Å². The maximum absolute atomic E-state index is 13.1. The van der Waals surface area contributed by atoms with Crippen LogP contribution in [0.2, 0.25) is 0 Å². The van der Waals surface area contributed by atoms with Crippen molar-refractivity contribution >= 4 is 17.0 Å². The third-order valence-corrected chi connectivity index (χ3v) is 4.06. The highest BCUT2D eigenvalue weighted by Gasteiger charge is 2.12. The molecule has 5 nitrogen and oxygen atoms in total. The molecule has 0 saturated heterocycles. The van der Waals surface area contributed by atoms with E-state index in [2.05, 4.69) is 32.1 Å². The summed E-state index contributed by atoms with van der Waals surface area (Å²) in [4.78, 5) is 13.4. The molecule has 27 heavy (non-hydrogen) atoms. The van der Waals surface area contributed by atoms with E-state index in [1.54, 1.807) is 25.5 Å². The van der Waals surface area contributed by atoms with E-state index in [1.165, 1.54) is 12.1 Å². The van der Waals surface area contributed by atoms with Gasteiger partial charge in [-0.15, -0.1) is 0 Å². The Morgan fingerprint density at radius 1 is 1.00 bits per heavy atom. The van der Waals surface area contributed by atoms with Crippen LogP contribution in [0, 0.1) is 17.7 Å². The molecule has 0 fully saturated rings. The topological polar surface area (TPSA) is 55.6 Å². The maximum Gasteiger partial charge on any atom is 0.209 e. The second-order valence-electron chi connectivity index (χ2n) is 5.93. The fraction of sp³-hybridized carbons (Fsp3) is 0.0952. The number of benzene rings is 2. The number of anilines is 1. The summed E-state index contributed by atoms with van der Waals surface area (Å²) in [6.07, 6.45) is 1.71. The van der Waals surface area contributed by atoms with Crippen molar-refractivity contribution in [3.63, 3.8) is 0 Å². The van der Waals surface area contributed by atoms with Gasteiger partial charge in [-0.25, -0.2) is 19.3 Å². The molecule has 0 aliphatic heterocycles. The zero-order chi connectivity index (χ0) is 18.6. The molecule has 0 aliphatic carbocycles. The summed E-state index contributed by atoms with van der Waals surface area (Å²) in [5, 5.41) is 3.05. The number of nitrogens with zero attached hydrogens (tertiary/aromatic N) is 4. The molecule has 0 unspecified atom stereocenters. The van der Waals surface area contributed by atoms with E-state index < -0.39 is 0 Å². The molecule has 0 saturated carbocycles. The predicted molar refractivity (Wildman–Crippen MR) is 103 cm³/mol. The van der Waals surface area contributed by atoms with E-state index in [1.807, 2.05) is 34.9 Å². The van der Waals surface area contributed by atoms with Crippen LogP contribution in [-0.2, 0) is 6.54 Å². The number of fused-ring (bicyclic) bond motifs is 1. The fourth-order valence-corrected chi connectivity index (χ4v) is 2.73. The van der Waals surface area contributed by atoms with E-state index >= 15 is 0 Å². The van der Waals surface area contributed by atoms with Crippen LogP contribution in [-0.4, -0.2) is 26.6 Å². The van der Waals surface area contributed by atoms with Crippen LogP contribution < -0.4 is 5.32 Å². The van der Waals surface area contributed by atoms with Gasteiger partial charge >= 0.3 is 0 Å². The van der Waals surface area contributed by atoms with Gasteiger partial charge in [-0.3, -0.25) is 0 Å². The molecule has 0 amide bonds. The molecule has 0 radical (unpaired) electrons. The lowest BCUT2D eigenvalue weighted by Gasteiger charge is -2.06. The van der Waals surface area contributed by atoms with E-state index in [0.29, 0.717) is 29.4 Å². The molecule has 0 aliphatic rings. The zero-order valence-corrected chi connectivity index (χ0v) is 14.6. The molecular weight excluding hydrogens is 341 g/mol. The van der Waals surface area contributed by atoms with Crippen LogP contribution in [0.4, 0.5) is 10.2 Å². The Balaban J connectivity index is 1.74. The van der Waals surface area contributed by atoms with Gasteiger partial charge in [-0.2, -0.15) is 0 Å². The van der Waals surface area contributed by atoms with Crippen LogP contribution in [0.25, 0.3) is 11.2 Å². The summed E-state index contributed by atoms with van der Waals surface area (Å²) in [6.45, 7) is 0.530. The molecule has 4 rings (SSSR count). The van der Waals surface area contributed by atoms with Crippen molar-refractivity contribution in [3.8, 4) is 11.8 Å². The number of nitrogens with one attached hydrogen (secondary N) is 1. The Bertz CT molecular complexity index is 1140. The first-order chi connectivity index (χ1) is 13.2. The molecular formula is C21H16FN5. The summed E-state index contributed by atoms with van der Waals surface area (Å²) < 4.78 is 15.0. The second-order valence-corrected chi connectivity index (χ2v) is 5.93. The third-order valence-electron chi connectivity index (χ3n) is 4.06. The summed E-state index contributed by atoms with van der Waals surface area (Å²) in [7, 11) is 1.79. The third kappa shape index (κ3) is 3.62. The number of halogens is 1. The minimum atomic E-state index is -0.257. The Hall–Kier alpha value is -3.72. The SMILES string of the molecule is CNc1nc(C#Cc2ccccc2)nc2c1ncn2Cc1ccc(F)cc1. The average Bonchev–Trinajstić information content (AvgIpc) is 3.11. The molecule has 2 aromatic carbocycles. The minimum absolute atomic E-state index is 0.257. The fourth-order valence-electron chi connectivity index (χ4n) is 2.73. The molecule has 2 aromatic heterocycles. The van der Waals surface area contributed by atoms with Crippen LogP contribution in [0.1, 0.15) is 17.0 Å². The van der Waals surface area contributed by atoms with Crippen LogP contribution in [0.15, 0.2) is 60.9 Å². The number of hydrogen-bond donors (Lipinski definition) is 1. The number of hydrogen-bond acceptors (Lipinski definition) is 4. The molecule has 4 aromatic rings. The standard InChI is InChI=1S/C21H16FN5/c1-23-20-19-21(26-18(25-20)12-9-15-5-3-2-4-6-15)27(14-24-19)13-16-7-10-17(22)11-8-16/h2-8,10-11,14H,13H2,1H3,(H,23,25,26). The molecule has 6 heteroatoms. The van der Waals surface area contributed by atoms with Gasteiger partial charge in [0.2, 0.25) is 5.82 Å². The highest BCUT2D eigenvalue weighted by atomic mass is 19.1. The summed E-state index contributed by atoms with van der Waals surface area (Å²) in [6, 6.07) is 16.1. The van der Waals surface area contributed by atoms with Gasteiger partial charge in [0.15, 0.2) is 17.0 Å². The summed E-state index contributed by atoms with van der Waals surface area (Å²) >= 11 is 0. The molecule has 2 heterocycles.